The van der Waals surface area contributed by atoms with Crippen molar-refractivity contribution in [2.24, 2.45) is 0 Å². The molecule has 0 unspecified atom stereocenters. The predicted octanol–water partition coefficient (Wildman–Crippen LogP) is 3.68. The van der Waals surface area contributed by atoms with E-state index >= 15 is 0 Å². The van der Waals surface area contributed by atoms with Crippen molar-refractivity contribution in [2.75, 3.05) is 0 Å². The smallest absolute Gasteiger partial charge is 0.137 e. The molecule has 0 atom stereocenters. The van der Waals surface area contributed by atoms with Gasteiger partial charge >= 0.3 is 0 Å². The van der Waals surface area contributed by atoms with Gasteiger partial charge in [0.05, 0.1) is 28.0 Å². The maximum Gasteiger partial charge on any atom is 0.137 e. The molecule has 0 aliphatic rings. The van der Waals surface area contributed by atoms with E-state index in [2.05, 4.69) is 4.98 Å². The number of pyridine rings is 1. The Kier molecular flexibility index (Phi) is 1.75. The van der Waals surface area contributed by atoms with E-state index in [9.17, 15) is 5.26 Å². The van der Waals surface area contributed by atoms with E-state index in [4.69, 9.17) is 8.22 Å². The Morgan fingerprint density at radius 1 is 1.30 bits per heavy atom. The lowest BCUT2D eigenvalue weighted by molar-refractivity contribution is 1.04. The number of nitrogens with zero attached hydrogens (tertiary/aromatic N) is 3. The average molecular weight is 267 g/mol. The van der Waals surface area contributed by atoms with Crippen molar-refractivity contribution in [3.05, 3.63) is 59.3 Å². The van der Waals surface area contributed by atoms with Gasteiger partial charge in [0.25, 0.3) is 0 Å². The third kappa shape index (κ3) is 2.06. The van der Waals surface area contributed by atoms with Gasteiger partial charge in [-0.3, -0.25) is 0 Å². The minimum Gasteiger partial charge on any atom is -0.302 e. The third-order valence-corrected chi connectivity index (χ3v) is 3.07. The first kappa shape index (κ1) is 7.25. The molecule has 0 amide bonds. The van der Waals surface area contributed by atoms with Gasteiger partial charge in [-0.2, -0.15) is 5.26 Å². The molecule has 0 fully saturated rings. The molecular formula is C17H15N3. The van der Waals surface area contributed by atoms with Crippen LogP contribution in [0, 0.1) is 25.1 Å². The second kappa shape index (κ2) is 4.82. The molecule has 0 saturated heterocycles. The number of nitriles is 1. The molecule has 0 aliphatic heterocycles. The molecule has 0 aliphatic carbocycles. The van der Waals surface area contributed by atoms with Crippen molar-refractivity contribution in [3.8, 4) is 17.3 Å². The summed E-state index contributed by atoms with van der Waals surface area (Å²) in [5.41, 5.74) is 1.99. The lowest BCUT2D eigenvalue weighted by atomic mass is 10.1. The molecule has 3 aromatic rings. The summed E-state index contributed by atoms with van der Waals surface area (Å²) in [5.74, 6) is 0. The number of benzene rings is 1. The summed E-state index contributed by atoms with van der Waals surface area (Å²) < 4.78 is 48.5. The standard InChI is InChI=1S/C17H15N3/c1-12-3-6-14(7-4-12)17-15(9-10-18)20-11-13(2)5-8-16(20)19-17/h3-8,11H,9H2,1-2H3/i2D3,5D,8D,11D. The van der Waals surface area contributed by atoms with Crippen molar-refractivity contribution in [1.29, 1.82) is 5.26 Å². The Bertz CT molecular complexity index is 1040. The topological polar surface area (TPSA) is 41.1 Å². The number of hydrogen-bond donors (Lipinski definition) is 0. The molecule has 20 heavy (non-hydrogen) atoms. The maximum atomic E-state index is 9.21. The Labute approximate surface area is 126 Å². The summed E-state index contributed by atoms with van der Waals surface area (Å²) in [6.07, 6.45) is -0.537. The summed E-state index contributed by atoms with van der Waals surface area (Å²) in [5, 5.41) is 9.21. The van der Waals surface area contributed by atoms with Gasteiger partial charge in [-0.05, 0) is 25.4 Å². The summed E-state index contributed by atoms with van der Waals surface area (Å²) >= 11 is 0. The lowest BCUT2D eigenvalue weighted by Gasteiger charge is -2.02. The molecule has 3 nitrogen and oxygen atoms in total. The summed E-state index contributed by atoms with van der Waals surface area (Å²) in [7, 11) is 0. The van der Waals surface area contributed by atoms with Crippen LogP contribution in [0.5, 0.6) is 0 Å². The molecular weight excluding hydrogens is 246 g/mol. The van der Waals surface area contributed by atoms with Crippen molar-refractivity contribution < 1.29 is 8.22 Å². The number of aromatic nitrogens is 2. The van der Waals surface area contributed by atoms with Gasteiger partial charge in [-0.1, -0.05) is 35.9 Å². The van der Waals surface area contributed by atoms with Gasteiger partial charge < -0.3 is 4.40 Å². The van der Waals surface area contributed by atoms with Crippen molar-refractivity contribution in [1.82, 2.24) is 9.38 Å². The normalized spacial score (nSPS) is 15.6. The fraction of sp³-hybridized carbons (Fsp3) is 0.176. The Hall–Kier alpha value is -2.60. The van der Waals surface area contributed by atoms with E-state index in [-0.39, 0.29) is 18.1 Å². The Morgan fingerprint density at radius 3 is 2.80 bits per heavy atom. The van der Waals surface area contributed by atoms with Gasteiger partial charge in [-0.15, -0.1) is 0 Å². The Morgan fingerprint density at radius 2 is 2.10 bits per heavy atom. The van der Waals surface area contributed by atoms with Crippen LogP contribution in [-0.4, -0.2) is 9.38 Å². The van der Waals surface area contributed by atoms with Gasteiger partial charge in [0.1, 0.15) is 5.65 Å². The van der Waals surface area contributed by atoms with E-state index < -0.39 is 24.6 Å². The first-order valence-electron chi connectivity index (χ1n) is 9.12. The molecule has 0 N–H and O–H groups in total. The summed E-state index contributed by atoms with van der Waals surface area (Å²) in [4.78, 5) is 4.38. The second-order valence-corrected chi connectivity index (χ2v) is 4.50. The third-order valence-electron chi connectivity index (χ3n) is 3.07. The Balaban J connectivity index is 2.45. The SMILES string of the molecule is [2H]c1c(C([2H])([2H])[2H])c([2H])n2c(CC#N)c(-c3ccc(C)cc3)nc2c1[2H]. The van der Waals surface area contributed by atoms with E-state index in [0.717, 1.165) is 5.56 Å². The highest BCUT2D eigenvalue weighted by atomic mass is 15.0. The van der Waals surface area contributed by atoms with Gasteiger partial charge in [0.2, 0.25) is 0 Å². The zero-order valence-electron chi connectivity index (χ0n) is 16.9. The van der Waals surface area contributed by atoms with E-state index in [1.165, 1.54) is 4.40 Å². The zero-order chi connectivity index (χ0) is 19.2. The van der Waals surface area contributed by atoms with Crippen LogP contribution in [0.3, 0.4) is 0 Å². The van der Waals surface area contributed by atoms with Crippen LogP contribution in [0.4, 0.5) is 0 Å². The highest BCUT2D eigenvalue weighted by molar-refractivity contribution is 5.67. The number of aryl methyl sites for hydroxylation is 1. The van der Waals surface area contributed by atoms with Crippen LogP contribution in [0.15, 0.2) is 42.5 Å². The van der Waals surface area contributed by atoms with Crippen LogP contribution in [0.1, 0.15) is 25.0 Å². The minimum atomic E-state index is -2.71. The average Bonchev–Trinajstić information content (AvgIpc) is 2.93. The first-order chi connectivity index (χ1) is 12.2. The molecule has 3 heteroatoms. The fourth-order valence-electron chi connectivity index (χ4n) is 2.10. The van der Waals surface area contributed by atoms with Crippen molar-refractivity contribution in [3.63, 3.8) is 0 Å². The molecule has 98 valence electrons. The minimum absolute atomic E-state index is 0.00817. The fourth-order valence-corrected chi connectivity index (χ4v) is 2.10. The van der Waals surface area contributed by atoms with E-state index in [1.54, 1.807) is 0 Å². The number of hydrogen-bond acceptors (Lipinski definition) is 2. The monoisotopic (exact) mass is 267 g/mol. The lowest BCUT2D eigenvalue weighted by Crippen LogP contribution is -1.94. The highest BCUT2D eigenvalue weighted by Crippen LogP contribution is 2.25. The quantitative estimate of drug-likeness (QED) is 0.710. The van der Waals surface area contributed by atoms with Crippen molar-refractivity contribution in [2.45, 2.75) is 20.2 Å². The molecule has 3 rings (SSSR count). The first-order valence-corrected chi connectivity index (χ1v) is 6.12. The van der Waals surface area contributed by atoms with E-state index in [0.29, 0.717) is 17.0 Å². The second-order valence-electron chi connectivity index (χ2n) is 4.50. The highest BCUT2D eigenvalue weighted by Gasteiger charge is 2.13. The van der Waals surface area contributed by atoms with Gasteiger partial charge in [0, 0.05) is 15.8 Å². The van der Waals surface area contributed by atoms with Crippen LogP contribution < -0.4 is 0 Å². The predicted molar refractivity (Wildman–Crippen MR) is 79.4 cm³/mol. The van der Waals surface area contributed by atoms with E-state index in [1.807, 2.05) is 37.3 Å². The zero-order valence-corrected chi connectivity index (χ0v) is 10.9. The molecule has 0 bridgehead atoms. The molecule has 0 spiro atoms. The van der Waals surface area contributed by atoms with Gasteiger partial charge in [0.15, 0.2) is 0 Å². The van der Waals surface area contributed by atoms with Crippen LogP contribution in [-0.2, 0) is 6.42 Å². The molecule has 0 saturated carbocycles. The maximum absolute atomic E-state index is 9.21. The molecule has 0 radical (unpaired) electrons. The van der Waals surface area contributed by atoms with Crippen LogP contribution in [0.25, 0.3) is 16.9 Å². The van der Waals surface area contributed by atoms with Crippen molar-refractivity contribution >= 4 is 5.65 Å². The molecule has 2 heterocycles. The van der Waals surface area contributed by atoms with Crippen LogP contribution in [0.2, 0.25) is 0 Å². The molecule has 1 aromatic carbocycles. The van der Waals surface area contributed by atoms with Gasteiger partial charge in [-0.25, -0.2) is 4.98 Å². The number of fused-ring (bicyclic) bond motifs is 1. The number of rotatable bonds is 2. The number of imidazole rings is 1. The summed E-state index contributed by atoms with van der Waals surface area (Å²) in [6.45, 7) is -0.779. The summed E-state index contributed by atoms with van der Waals surface area (Å²) in [6, 6.07) is 8.49. The largest absolute Gasteiger partial charge is 0.302 e. The molecule has 2 aromatic heterocycles. The van der Waals surface area contributed by atoms with Crippen LogP contribution >= 0.6 is 0 Å².